The molecule has 4 rings (SSSR count). The van der Waals surface area contributed by atoms with Gasteiger partial charge in [0.2, 0.25) is 15.9 Å². The summed E-state index contributed by atoms with van der Waals surface area (Å²) in [5, 5.41) is 16.6. The summed E-state index contributed by atoms with van der Waals surface area (Å²) in [6, 6.07) is 6.40. The number of likely N-dealkylation sites (tertiary alicyclic amines) is 1. The van der Waals surface area contributed by atoms with Crippen molar-refractivity contribution >= 4 is 27.1 Å². The summed E-state index contributed by atoms with van der Waals surface area (Å²) in [6.45, 7) is 2.38. The molecule has 1 aliphatic rings. The summed E-state index contributed by atoms with van der Waals surface area (Å²) in [4.78, 5) is 15.3. The monoisotopic (exact) mass is 616 g/mol. The summed E-state index contributed by atoms with van der Waals surface area (Å²) < 4.78 is 89.8. The number of nitrogens with two attached hydrogens (primary N) is 1. The Morgan fingerprint density at radius 2 is 1.85 bits per heavy atom. The lowest BCUT2D eigenvalue weighted by Crippen LogP contribution is -2.40. The quantitative estimate of drug-likeness (QED) is 0.287. The number of halogens is 4. The van der Waals surface area contributed by atoms with Gasteiger partial charge in [-0.1, -0.05) is 6.07 Å². The third kappa shape index (κ3) is 8.02. The summed E-state index contributed by atoms with van der Waals surface area (Å²) in [5.41, 5.74) is 0.108. The Labute approximate surface area is 237 Å². The van der Waals surface area contributed by atoms with Crippen LogP contribution in [0.1, 0.15) is 41.8 Å². The van der Waals surface area contributed by atoms with Crippen molar-refractivity contribution in [2.75, 3.05) is 18.8 Å². The second kappa shape index (κ2) is 12.4. The van der Waals surface area contributed by atoms with Gasteiger partial charge in [0.1, 0.15) is 5.75 Å². The molecule has 0 bridgehead atoms. The Balaban J connectivity index is 1.33. The van der Waals surface area contributed by atoms with Gasteiger partial charge >= 0.3 is 6.18 Å². The number of aryl methyl sites for hydroxylation is 2. The number of carbonyl (C=O) groups excluding carboxylic acids is 1. The average molecular weight is 617 g/mol. The maximum absolute atomic E-state index is 14.4. The van der Waals surface area contributed by atoms with Crippen molar-refractivity contribution in [2.45, 2.75) is 55.1 Å². The van der Waals surface area contributed by atoms with E-state index in [0.717, 1.165) is 30.3 Å². The predicted octanol–water partition coefficient (Wildman–Crippen LogP) is 2.81. The first kappa shape index (κ1) is 30.9. The molecule has 1 amide bonds. The molecular weight excluding hydrogens is 588 g/mol. The fourth-order valence-electron chi connectivity index (χ4n) is 4.63. The molecule has 0 saturated carbocycles. The number of sulfonamides is 1. The van der Waals surface area contributed by atoms with E-state index in [1.807, 2.05) is 0 Å². The van der Waals surface area contributed by atoms with Gasteiger partial charge in [-0.05, 0) is 84.0 Å². The molecule has 0 spiro atoms. The maximum Gasteiger partial charge on any atom is 0.416 e. The van der Waals surface area contributed by atoms with E-state index in [4.69, 9.17) is 5.14 Å². The van der Waals surface area contributed by atoms with Crippen LogP contribution in [0.3, 0.4) is 0 Å². The van der Waals surface area contributed by atoms with Gasteiger partial charge in [0.25, 0.3) is 0 Å². The van der Waals surface area contributed by atoms with Gasteiger partial charge in [-0.15, -0.1) is 10.2 Å². The number of carbonyl (C=O) groups is 1. The fraction of sp³-hybridized carbons (Fsp3) is 0.440. The highest BCUT2D eigenvalue weighted by Crippen LogP contribution is 2.31. The summed E-state index contributed by atoms with van der Waals surface area (Å²) >= 11 is -1.72. The van der Waals surface area contributed by atoms with Crippen molar-refractivity contribution in [1.82, 2.24) is 25.1 Å². The first-order valence-corrected chi connectivity index (χ1v) is 15.5. The van der Waals surface area contributed by atoms with Crippen LogP contribution >= 0.6 is 0 Å². The molecule has 1 aliphatic heterocycles. The number of piperidine rings is 1. The van der Waals surface area contributed by atoms with Crippen LogP contribution in [-0.4, -0.2) is 62.8 Å². The molecule has 1 saturated heterocycles. The highest BCUT2D eigenvalue weighted by molar-refractivity contribution is 7.91. The van der Waals surface area contributed by atoms with E-state index in [9.17, 15) is 35.3 Å². The third-order valence-corrected chi connectivity index (χ3v) is 9.34. The SMILES string of the molecule is Cc1nnn(Cc2cc(C(F)(F)F)ccc2CCC(=O)N2CCC(C[S+]([O-])c3ccc(S(N)(=O)=O)cc3F)CC2)n1. The van der Waals surface area contributed by atoms with E-state index < -0.39 is 43.7 Å². The molecule has 1 unspecified atom stereocenters. The fourth-order valence-corrected chi connectivity index (χ4v) is 6.59. The van der Waals surface area contributed by atoms with E-state index in [-0.39, 0.29) is 41.9 Å². The van der Waals surface area contributed by atoms with Gasteiger partial charge in [-0.2, -0.15) is 18.0 Å². The van der Waals surface area contributed by atoms with Crippen molar-refractivity contribution in [3.05, 3.63) is 64.7 Å². The van der Waals surface area contributed by atoms with Gasteiger partial charge in [-0.3, -0.25) is 4.79 Å². The van der Waals surface area contributed by atoms with Crippen LogP contribution < -0.4 is 5.14 Å². The highest BCUT2D eigenvalue weighted by Gasteiger charge is 2.32. The number of hydrogen-bond donors (Lipinski definition) is 1. The summed E-state index contributed by atoms with van der Waals surface area (Å²) in [6.07, 6.45) is -3.14. The van der Waals surface area contributed by atoms with E-state index in [1.54, 1.807) is 11.8 Å². The smallest absolute Gasteiger partial charge is 0.416 e. The zero-order chi connectivity index (χ0) is 29.9. The van der Waals surface area contributed by atoms with E-state index >= 15 is 0 Å². The van der Waals surface area contributed by atoms with Gasteiger partial charge in [0, 0.05) is 25.4 Å². The number of hydrogen-bond acceptors (Lipinski definition) is 7. The molecule has 1 fully saturated rings. The van der Waals surface area contributed by atoms with E-state index in [1.165, 1.54) is 10.9 Å². The lowest BCUT2D eigenvalue weighted by Gasteiger charge is -2.32. The van der Waals surface area contributed by atoms with Crippen LogP contribution in [0.5, 0.6) is 0 Å². The van der Waals surface area contributed by atoms with Gasteiger partial charge in [0.15, 0.2) is 16.5 Å². The Hall–Kier alpha value is -3.08. The summed E-state index contributed by atoms with van der Waals surface area (Å²) in [5.74, 6) is -0.587. The molecule has 2 heterocycles. The Morgan fingerprint density at radius 1 is 1.15 bits per heavy atom. The van der Waals surface area contributed by atoms with Gasteiger partial charge in [0.05, 0.1) is 17.0 Å². The average Bonchev–Trinajstić information content (AvgIpc) is 3.31. The Kier molecular flexibility index (Phi) is 9.35. The topological polar surface area (TPSA) is 147 Å². The van der Waals surface area contributed by atoms with E-state index in [2.05, 4.69) is 15.4 Å². The van der Waals surface area contributed by atoms with Crippen LogP contribution in [0.4, 0.5) is 17.6 Å². The second-order valence-corrected chi connectivity index (χ2v) is 12.8. The number of aromatic nitrogens is 4. The number of primary sulfonamides is 1. The van der Waals surface area contributed by atoms with Gasteiger partial charge < -0.3 is 9.45 Å². The molecule has 222 valence electrons. The first-order chi connectivity index (χ1) is 19.2. The minimum Gasteiger partial charge on any atom is -0.611 e. The number of rotatable bonds is 9. The molecular formula is C25H28F4N6O4S2. The van der Waals surface area contributed by atoms with Crippen molar-refractivity contribution in [3.63, 3.8) is 0 Å². The van der Waals surface area contributed by atoms with E-state index in [0.29, 0.717) is 42.9 Å². The molecule has 2 N–H and O–H groups in total. The number of amides is 1. The molecule has 10 nitrogen and oxygen atoms in total. The van der Waals surface area contributed by atoms with Crippen molar-refractivity contribution < 1.29 is 35.3 Å². The lowest BCUT2D eigenvalue weighted by atomic mass is 9.97. The number of tetrazole rings is 1. The van der Waals surface area contributed by atoms with Crippen molar-refractivity contribution in [3.8, 4) is 0 Å². The number of nitrogens with zero attached hydrogens (tertiary/aromatic N) is 5. The zero-order valence-corrected chi connectivity index (χ0v) is 23.6. The molecule has 16 heteroatoms. The van der Waals surface area contributed by atoms with Crippen LogP contribution in [0.25, 0.3) is 0 Å². The van der Waals surface area contributed by atoms with Gasteiger partial charge in [-0.25, -0.2) is 17.9 Å². The number of benzene rings is 2. The highest BCUT2D eigenvalue weighted by atomic mass is 32.2. The molecule has 1 aromatic heterocycles. The standard InChI is InChI=1S/C25H28F4N6O4S2/c1-16-31-33-35(32-16)14-19-12-20(25(27,28)29)4-2-18(19)3-7-24(36)34-10-8-17(9-11-34)15-40(37)23-6-5-21(13-22(23)26)41(30,38)39/h2,4-6,12-13,17H,3,7-11,14-15H2,1H3,(H2,30,38,39). The molecule has 3 aromatic rings. The molecule has 2 aromatic carbocycles. The molecule has 0 aliphatic carbocycles. The van der Waals surface area contributed by atoms with Crippen molar-refractivity contribution in [1.29, 1.82) is 0 Å². The minimum absolute atomic E-state index is 0.0256. The van der Waals surface area contributed by atoms with Crippen molar-refractivity contribution in [2.24, 2.45) is 11.1 Å². The number of alkyl halides is 3. The largest absolute Gasteiger partial charge is 0.611 e. The Morgan fingerprint density at radius 3 is 2.44 bits per heavy atom. The normalized spacial score (nSPS) is 15.7. The third-order valence-electron chi connectivity index (χ3n) is 6.84. The first-order valence-electron chi connectivity index (χ1n) is 12.6. The lowest BCUT2D eigenvalue weighted by molar-refractivity contribution is -0.137. The van der Waals surface area contributed by atoms with Crippen LogP contribution in [0.2, 0.25) is 0 Å². The second-order valence-electron chi connectivity index (χ2n) is 9.82. The Bertz CT molecular complexity index is 1510. The molecule has 1 atom stereocenters. The van der Waals surface area contributed by atoms with Crippen LogP contribution in [-0.2, 0) is 45.1 Å². The predicted molar refractivity (Wildman–Crippen MR) is 140 cm³/mol. The zero-order valence-electron chi connectivity index (χ0n) is 22.0. The van der Waals surface area contributed by atoms with Crippen LogP contribution in [0, 0.1) is 18.7 Å². The summed E-state index contributed by atoms with van der Waals surface area (Å²) in [7, 11) is -4.09. The van der Waals surface area contributed by atoms with Crippen LogP contribution in [0.15, 0.2) is 46.2 Å². The molecule has 41 heavy (non-hydrogen) atoms. The minimum atomic E-state index is -4.52. The maximum atomic E-state index is 14.4. The molecule has 0 radical (unpaired) electrons.